The summed E-state index contributed by atoms with van der Waals surface area (Å²) in [5.41, 5.74) is 6.29. The first-order valence-electron chi connectivity index (χ1n) is 5.27. The minimum Gasteiger partial charge on any atom is -0.325 e. The van der Waals surface area contributed by atoms with Crippen LogP contribution >= 0.6 is 22.6 Å². The van der Waals surface area contributed by atoms with Crippen LogP contribution < -0.4 is 11.1 Å². The van der Waals surface area contributed by atoms with Crippen molar-refractivity contribution < 1.29 is 13.2 Å². The maximum atomic E-state index is 11.7. The monoisotopic (exact) mass is 382 g/mol. The molecule has 1 atom stereocenters. The van der Waals surface area contributed by atoms with E-state index in [2.05, 4.69) is 27.9 Å². The Kier molecular flexibility index (Phi) is 5.54. The molecule has 1 rings (SSSR count). The second kappa shape index (κ2) is 6.48. The fourth-order valence-corrected chi connectivity index (χ4v) is 2.50. The third-order valence-corrected chi connectivity index (χ3v) is 3.88. The van der Waals surface area contributed by atoms with Crippen molar-refractivity contribution in [3.8, 4) is 0 Å². The van der Waals surface area contributed by atoms with Crippen molar-refractivity contribution in [2.24, 2.45) is 5.73 Å². The Morgan fingerprint density at radius 3 is 2.72 bits per heavy atom. The number of rotatable bonds is 5. The molecule has 0 heterocycles. The van der Waals surface area contributed by atoms with E-state index in [0.29, 0.717) is 5.69 Å². The molecular weight excluding hydrogens is 367 g/mol. The Bertz CT molecular complexity index is 531. The molecule has 0 saturated heterocycles. The quantitative estimate of drug-likeness (QED) is 0.744. The zero-order chi connectivity index (χ0) is 13.8. The molecule has 7 heteroatoms. The molecule has 3 N–H and O–H groups in total. The highest BCUT2D eigenvalue weighted by Gasteiger charge is 2.16. The molecule has 0 aliphatic heterocycles. The number of hydrogen-bond acceptors (Lipinski definition) is 4. The molecule has 0 aliphatic rings. The molecule has 1 amide bonds. The Morgan fingerprint density at radius 1 is 1.50 bits per heavy atom. The summed E-state index contributed by atoms with van der Waals surface area (Å²) in [5, 5.41) is 2.66. The van der Waals surface area contributed by atoms with Crippen molar-refractivity contribution in [2.45, 2.75) is 12.5 Å². The van der Waals surface area contributed by atoms with E-state index in [1.165, 1.54) is 0 Å². The molecule has 0 saturated carbocycles. The minimum atomic E-state index is -3.09. The average molecular weight is 382 g/mol. The van der Waals surface area contributed by atoms with Gasteiger partial charge in [-0.15, -0.1) is 0 Å². The largest absolute Gasteiger partial charge is 0.325 e. The SMILES string of the molecule is CS(=O)(=O)CCC(N)C(=O)Nc1cccc(I)c1. The number of halogens is 1. The number of carbonyl (C=O) groups excluding carboxylic acids is 1. The molecule has 5 nitrogen and oxygen atoms in total. The summed E-state index contributed by atoms with van der Waals surface area (Å²) in [6.45, 7) is 0. The maximum Gasteiger partial charge on any atom is 0.241 e. The van der Waals surface area contributed by atoms with Gasteiger partial charge >= 0.3 is 0 Å². The van der Waals surface area contributed by atoms with Crippen molar-refractivity contribution in [1.29, 1.82) is 0 Å². The summed E-state index contributed by atoms with van der Waals surface area (Å²) in [7, 11) is -3.09. The highest BCUT2D eigenvalue weighted by molar-refractivity contribution is 14.1. The van der Waals surface area contributed by atoms with E-state index in [-0.39, 0.29) is 18.1 Å². The van der Waals surface area contributed by atoms with Crippen molar-refractivity contribution in [1.82, 2.24) is 0 Å². The average Bonchev–Trinajstić information content (AvgIpc) is 2.24. The number of sulfone groups is 1. The molecule has 0 aliphatic carbocycles. The van der Waals surface area contributed by atoms with Gasteiger partial charge in [-0.05, 0) is 47.2 Å². The highest BCUT2D eigenvalue weighted by atomic mass is 127. The van der Waals surface area contributed by atoms with Gasteiger partial charge in [-0.1, -0.05) is 6.07 Å². The molecule has 18 heavy (non-hydrogen) atoms. The van der Waals surface area contributed by atoms with Crippen LogP contribution in [0.1, 0.15) is 6.42 Å². The lowest BCUT2D eigenvalue weighted by molar-refractivity contribution is -0.117. The van der Waals surface area contributed by atoms with E-state index in [9.17, 15) is 13.2 Å². The van der Waals surface area contributed by atoms with E-state index in [1.54, 1.807) is 6.07 Å². The zero-order valence-electron chi connectivity index (χ0n) is 9.89. The van der Waals surface area contributed by atoms with Gasteiger partial charge in [-0.3, -0.25) is 4.79 Å². The number of anilines is 1. The third kappa shape index (κ3) is 5.78. The molecule has 0 aromatic heterocycles. The Morgan fingerprint density at radius 2 is 2.17 bits per heavy atom. The third-order valence-electron chi connectivity index (χ3n) is 2.23. The maximum absolute atomic E-state index is 11.7. The first-order chi connectivity index (χ1) is 8.28. The fourth-order valence-electron chi connectivity index (χ4n) is 1.27. The number of amides is 1. The molecule has 0 radical (unpaired) electrons. The van der Waals surface area contributed by atoms with E-state index in [1.807, 2.05) is 18.2 Å². The Labute approximate surface area is 120 Å². The topological polar surface area (TPSA) is 89.3 Å². The summed E-state index contributed by atoms with van der Waals surface area (Å²) in [6.07, 6.45) is 1.24. The van der Waals surface area contributed by atoms with Crippen LogP contribution in [0.2, 0.25) is 0 Å². The second-order valence-electron chi connectivity index (χ2n) is 4.02. The van der Waals surface area contributed by atoms with Crippen LogP contribution in [0, 0.1) is 3.57 Å². The molecule has 1 unspecified atom stereocenters. The van der Waals surface area contributed by atoms with Gasteiger partial charge in [0.1, 0.15) is 9.84 Å². The van der Waals surface area contributed by atoms with Crippen molar-refractivity contribution >= 4 is 44.0 Å². The summed E-state index contributed by atoms with van der Waals surface area (Å²) >= 11 is 2.13. The van der Waals surface area contributed by atoms with Crippen molar-refractivity contribution in [3.63, 3.8) is 0 Å². The summed E-state index contributed by atoms with van der Waals surface area (Å²) in [4.78, 5) is 11.7. The van der Waals surface area contributed by atoms with Crippen LogP contribution in [0.5, 0.6) is 0 Å². The molecule has 0 fully saturated rings. The van der Waals surface area contributed by atoms with E-state index < -0.39 is 15.9 Å². The number of carbonyl (C=O) groups is 1. The van der Waals surface area contributed by atoms with Crippen LogP contribution in [0.15, 0.2) is 24.3 Å². The highest BCUT2D eigenvalue weighted by Crippen LogP contribution is 2.12. The lowest BCUT2D eigenvalue weighted by atomic mass is 10.2. The van der Waals surface area contributed by atoms with E-state index in [4.69, 9.17) is 5.73 Å². The summed E-state index contributed by atoms with van der Waals surface area (Å²) < 4.78 is 22.9. The molecule has 0 bridgehead atoms. The lowest BCUT2D eigenvalue weighted by Crippen LogP contribution is -2.37. The van der Waals surface area contributed by atoms with Gasteiger partial charge in [-0.25, -0.2) is 8.42 Å². The smallest absolute Gasteiger partial charge is 0.241 e. The van der Waals surface area contributed by atoms with Gasteiger partial charge in [0.05, 0.1) is 11.8 Å². The minimum absolute atomic E-state index is 0.0894. The van der Waals surface area contributed by atoms with Gasteiger partial charge in [0.25, 0.3) is 0 Å². The molecule has 0 spiro atoms. The van der Waals surface area contributed by atoms with Crippen molar-refractivity contribution in [2.75, 3.05) is 17.3 Å². The second-order valence-corrected chi connectivity index (χ2v) is 7.53. The van der Waals surface area contributed by atoms with Gasteiger partial charge < -0.3 is 11.1 Å². The standard InChI is InChI=1S/C11H15IN2O3S/c1-18(16,17)6-5-10(13)11(15)14-9-4-2-3-8(12)7-9/h2-4,7,10H,5-6,13H2,1H3,(H,14,15). The van der Waals surface area contributed by atoms with Gasteiger partial charge in [-0.2, -0.15) is 0 Å². The first kappa shape index (κ1) is 15.4. The normalized spacial score (nSPS) is 13.1. The zero-order valence-corrected chi connectivity index (χ0v) is 12.9. The van der Waals surface area contributed by atoms with E-state index in [0.717, 1.165) is 9.83 Å². The van der Waals surface area contributed by atoms with E-state index >= 15 is 0 Å². The fraction of sp³-hybridized carbons (Fsp3) is 0.364. The Hall–Kier alpha value is -0.670. The van der Waals surface area contributed by atoms with Crippen LogP contribution in [0.4, 0.5) is 5.69 Å². The van der Waals surface area contributed by atoms with Gasteiger partial charge in [0.15, 0.2) is 0 Å². The Balaban J connectivity index is 2.55. The number of nitrogens with one attached hydrogen (secondary N) is 1. The lowest BCUT2D eigenvalue weighted by Gasteiger charge is -2.11. The molecule has 1 aromatic carbocycles. The molecular formula is C11H15IN2O3S. The van der Waals surface area contributed by atoms with Crippen molar-refractivity contribution in [3.05, 3.63) is 27.8 Å². The van der Waals surface area contributed by atoms with Crippen LogP contribution in [-0.4, -0.2) is 32.4 Å². The predicted molar refractivity (Wildman–Crippen MR) is 80.1 cm³/mol. The number of hydrogen-bond donors (Lipinski definition) is 2. The van der Waals surface area contributed by atoms with Crippen LogP contribution in [0.25, 0.3) is 0 Å². The van der Waals surface area contributed by atoms with Gasteiger partial charge in [0.2, 0.25) is 5.91 Å². The van der Waals surface area contributed by atoms with Crippen LogP contribution in [0.3, 0.4) is 0 Å². The summed E-state index contributed by atoms with van der Waals surface area (Å²) in [6, 6.07) is 6.46. The number of nitrogens with two attached hydrogens (primary N) is 1. The first-order valence-corrected chi connectivity index (χ1v) is 8.41. The van der Waals surface area contributed by atoms with Crippen LogP contribution in [-0.2, 0) is 14.6 Å². The summed E-state index contributed by atoms with van der Waals surface area (Å²) in [5.74, 6) is -0.464. The van der Waals surface area contributed by atoms with Gasteiger partial charge in [0, 0.05) is 15.5 Å². The predicted octanol–water partition coefficient (Wildman–Crippen LogP) is 0.992. The molecule has 100 valence electrons. The number of benzene rings is 1. The molecule has 1 aromatic rings.